The molecule has 3 aromatic rings. The number of hydrogen-bond acceptors (Lipinski definition) is 5. The summed E-state index contributed by atoms with van der Waals surface area (Å²) in [7, 11) is 0. The van der Waals surface area contributed by atoms with E-state index in [0.29, 0.717) is 49.5 Å². The number of piperidine rings is 1. The van der Waals surface area contributed by atoms with Crippen molar-refractivity contribution in [1.29, 1.82) is 0 Å². The number of amides is 2. The van der Waals surface area contributed by atoms with Crippen LogP contribution in [0.1, 0.15) is 35.7 Å². The van der Waals surface area contributed by atoms with Crippen molar-refractivity contribution in [3.8, 4) is 5.75 Å². The highest BCUT2D eigenvalue weighted by molar-refractivity contribution is 5.95. The lowest BCUT2D eigenvalue weighted by atomic mass is 9.95. The summed E-state index contributed by atoms with van der Waals surface area (Å²) in [6.07, 6.45) is 8.22. The van der Waals surface area contributed by atoms with Gasteiger partial charge in [-0.05, 0) is 44.0 Å². The Morgan fingerprint density at radius 2 is 2.00 bits per heavy atom. The van der Waals surface area contributed by atoms with Crippen molar-refractivity contribution in [3.63, 3.8) is 0 Å². The predicted octanol–water partition coefficient (Wildman–Crippen LogP) is 3.37. The first-order chi connectivity index (χ1) is 15.6. The van der Waals surface area contributed by atoms with Crippen molar-refractivity contribution in [1.82, 2.24) is 19.7 Å². The van der Waals surface area contributed by atoms with E-state index >= 15 is 0 Å². The second-order valence-corrected chi connectivity index (χ2v) is 7.82. The maximum Gasteiger partial charge on any atom is 0.253 e. The standard InChI is InChI=1S/C24H27N5O3/c1-2-29-16-21(15-26-29)27-23(30)19-8-11-28(12-9-19)24(31)20-6-3-7-22(13-20)32-17-18-5-4-10-25-14-18/h3-7,10,13-16,19H,2,8-9,11-12,17H2,1H3,(H,27,30). The number of aromatic nitrogens is 3. The lowest BCUT2D eigenvalue weighted by molar-refractivity contribution is -0.121. The number of benzene rings is 1. The van der Waals surface area contributed by atoms with Crippen LogP contribution >= 0.6 is 0 Å². The summed E-state index contributed by atoms with van der Waals surface area (Å²) in [5, 5.41) is 7.11. The molecule has 1 aromatic carbocycles. The van der Waals surface area contributed by atoms with Gasteiger partial charge < -0.3 is 15.0 Å². The topological polar surface area (TPSA) is 89.4 Å². The predicted molar refractivity (Wildman–Crippen MR) is 120 cm³/mol. The van der Waals surface area contributed by atoms with Crippen LogP contribution in [0, 0.1) is 5.92 Å². The van der Waals surface area contributed by atoms with Crippen LogP contribution in [-0.2, 0) is 17.9 Å². The number of nitrogens with one attached hydrogen (secondary N) is 1. The van der Waals surface area contributed by atoms with E-state index in [1.165, 1.54) is 0 Å². The average molecular weight is 434 g/mol. The molecule has 32 heavy (non-hydrogen) atoms. The molecule has 8 nitrogen and oxygen atoms in total. The number of likely N-dealkylation sites (tertiary alicyclic amines) is 1. The maximum absolute atomic E-state index is 13.0. The molecule has 0 saturated carbocycles. The summed E-state index contributed by atoms with van der Waals surface area (Å²) in [6, 6.07) is 11.0. The molecule has 0 bridgehead atoms. The molecular weight excluding hydrogens is 406 g/mol. The van der Waals surface area contributed by atoms with E-state index in [1.807, 2.05) is 37.4 Å². The molecule has 3 heterocycles. The van der Waals surface area contributed by atoms with Crippen molar-refractivity contribution in [3.05, 3.63) is 72.3 Å². The van der Waals surface area contributed by atoms with Gasteiger partial charge in [-0.2, -0.15) is 5.10 Å². The molecule has 0 aliphatic carbocycles. The van der Waals surface area contributed by atoms with Gasteiger partial charge in [0.05, 0.1) is 11.9 Å². The first kappa shape index (κ1) is 21.5. The molecule has 0 atom stereocenters. The van der Waals surface area contributed by atoms with Crippen LogP contribution in [0.15, 0.2) is 61.2 Å². The Kier molecular flexibility index (Phi) is 6.79. The second kappa shape index (κ2) is 10.1. The first-order valence-electron chi connectivity index (χ1n) is 10.9. The minimum atomic E-state index is -0.113. The van der Waals surface area contributed by atoms with Crippen LogP contribution in [0.4, 0.5) is 5.69 Å². The van der Waals surface area contributed by atoms with Gasteiger partial charge in [-0.3, -0.25) is 19.3 Å². The van der Waals surface area contributed by atoms with E-state index in [1.54, 1.807) is 40.3 Å². The molecular formula is C24H27N5O3. The van der Waals surface area contributed by atoms with E-state index in [2.05, 4.69) is 15.4 Å². The normalized spacial score (nSPS) is 14.2. The number of anilines is 1. The number of aryl methyl sites for hydroxylation is 1. The third kappa shape index (κ3) is 5.32. The number of pyridine rings is 1. The van der Waals surface area contributed by atoms with Crippen molar-refractivity contribution in [2.45, 2.75) is 32.9 Å². The largest absolute Gasteiger partial charge is 0.489 e. The minimum Gasteiger partial charge on any atom is -0.489 e. The summed E-state index contributed by atoms with van der Waals surface area (Å²) >= 11 is 0. The molecule has 166 valence electrons. The minimum absolute atomic E-state index is 0.0152. The molecule has 0 radical (unpaired) electrons. The zero-order valence-corrected chi connectivity index (χ0v) is 18.1. The number of carbonyl (C=O) groups excluding carboxylic acids is 2. The summed E-state index contributed by atoms with van der Waals surface area (Å²) in [6.45, 7) is 4.24. The quantitative estimate of drug-likeness (QED) is 0.617. The Hall–Kier alpha value is -3.68. The third-order valence-electron chi connectivity index (χ3n) is 5.59. The van der Waals surface area contributed by atoms with Gasteiger partial charge in [-0.15, -0.1) is 0 Å². The molecule has 8 heteroatoms. The van der Waals surface area contributed by atoms with Crippen molar-refractivity contribution in [2.75, 3.05) is 18.4 Å². The fourth-order valence-electron chi connectivity index (χ4n) is 3.74. The summed E-state index contributed by atoms with van der Waals surface area (Å²) in [4.78, 5) is 31.4. The maximum atomic E-state index is 13.0. The van der Waals surface area contributed by atoms with Crippen molar-refractivity contribution in [2.24, 2.45) is 5.92 Å². The molecule has 2 amide bonds. The number of ether oxygens (including phenoxy) is 1. The fourth-order valence-corrected chi connectivity index (χ4v) is 3.74. The SMILES string of the molecule is CCn1cc(NC(=O)C2CCN(C(=O)c3cccc(OCc4cccnc4)c3)CC2)cn1. The van der Waals surface area contributed by atoms with Gasteiger partial charge in [-0.1, -0.05) is 12.1 Å². The summed E-state index contributed by atoms with van der Waals surface area (Å²) in [5.41, 5.74) is 2.26. The Morgan fingerprint density at radius 3 is 2.72 bits per heavy atom. The molecule has 1 N–H and O–H groups in total. The van der Waals surface area contributed by atoms with Crippen LogP contribution in [0.5, 0.6) is 5.75 Å². The van der Waals surface area contributed by atoms with Gasteiger partial charge in [0.15, 0.2) is 0 Å². The van der Waals surface area contributed by atoms with Gasteiger partial charge in [0, 0.05) is 55.3 Å². The van der Waals surface area contributed by atoms with Crippen LogP contribution in [0.3, 0.4) is 0 Å². The van der Waals surface area contributed by atoms with Crippen LogP contribution in [0.25, 0.3) is 0 Å². The van der Waals surface area contributed by atoms with Crippen LogP contribution in [-0.4, -0.2) is 44.6 Å². The third-order valence-corrected chi connectivity index (χ3v) is 5.59. The molecule has 2 aromatic heterocycles. The molecule has 4 rings (SSSR count). The highest BCUT2D eigenvalue weighted by atomic mass is 16.5. The highest BCUT2D eigenvalue weighted by Gasteiger charge is 2.28. The Bertz CT molecular complexity index is 1060. The van der Waals surface area contributed by atoms with Gasteiger partial charge in [0.25, 0.3) is 5.91 Å². The lowest BCUT2D eigenvalue weighted by Gasteiger charge is -2.31. The second-order valence-electron chi connectivity index (χ2n) is 7.82. The smallest absolute Gasteiger partial charge is 0.253 e. The van der Waals surface area contributed by atoms with E-state index in [9.17, 15) is 9.59 Å². The zero-order chi connectivity index (χ0) is 22.3. The van der Waals surface area contributed by atoms with Gasteiger partial charge >= 0.3 is 0 Å². The average Bonchev–Trinajstić information content (AvgIpc) is 3.31. The summed E-state index contributed by atoms with van der Waals surface area (Å²) < 4.78 is 7.58. The fraction of sp³-hybridized carbons (Fsp3) is 0.333. The lowest BCUT2D eigenvalue weighted by Crippen LogP contribution is -2.41. The van der Waals surface area contributed by atoms with E-state index in [0.717, 1.165) is 12.1 Å². The number of carbonyl (C=O) groups is 2. The zero-order valence-electron chi connectivity index (χ0n) is 18.1. The van der Waals surface area contributed by atoms with E-state index in [-0.39, 0.29) is 17.7 Å². The van der Waals surface area contributed by atoms with Crippen molar-refractivity contribution < 1.29 is 14.3 Å². The van der Waals surface area contributed by atoms with E-state index in [4.69, 9.17) is 4.74 Å². The number of nitrogens with zero attached hydrogens (tertiary/aromatic N) is 4. The number of rotatable bonds is 7. The molecule has 1 saturated heterocycles. The molecule has 1 aliphatic heterocycles. The van der Waals surface area contributed by atoms with Crippen LogP contribution < -0.4 is 10.1 Å². The van der Waals surface area contributed by atoms with Gasteiger partial charge in [0.2, 0.25) is 5.91 Å². The van der Waals surface area contributed by atoms with Gasteiger partial charge in [0.1, 0.15) is 12.4 Å². The molecule has 1 fully saturated rings. The summed E-state index contributed by atoms with van der Waals surface area (Å²) in [5.74, 6) is 0.471. The highest BCUT2D eigenvalue weighted by Crippen LogP contribution is 2.22. The van der Waals surface area contributed by atoms with Crippen molar-refractivity contribution >= 4 is 17.5 Å². The molecule has 0 spiro atoms. The van der Waals surface area contributed by atoms with E-state index < -0.39 is 0 Å². The Balaban J connectivity index is 1.29. The monoisotopic (exact) mass is 433 g/mol. The molecule has 1 aliphatic rings. The first-order valence-corrected chi connectivity index (χ1v) is 10.9. The molecule has 0 unspecified atom stereocenters. The Labute approximate surface area is 187 Å². The van der Waals surface area contributed by atoms with Crippen LogP contribution in [0.2, 0.25) is 0 Å². The Morgan fingerprint density at radius 1 is 1.16 bits per heavy atom. The number of hydrogen-bond donors (Lipinski definition) is 1. The van der Waals surface area contributed by atoms with Gasteiger partial charge in [-0.25, -0.2) is 0 Å².